The number of aromatic nitrogens is 2. The molecule has 0 aromatic carbocycles. The van der Waals surface area contributed by atoms with Gasteiger partial charge in [-0.25, -0.2) is 3.97 Å². The van der Waals surface area contributed by atoms with Gasteiger partial charge in [0.1, 0.15) is 0 Å². The van der Waals surface area contributed by atoms with Gasteiger partial charge in [0.25, 0.3) is 0 Å². The van der Waals surface area contributed by atoms with Crippen LogP contribution in [0.5, 0.6) is 0 Å². The molecule has 0 bridgehead atoms. The first-order valence-corrected chi connectivity index (χ1v) is 5.69. The summed E-state index contributed by atoms with van der Waals surface area (Å²) in [6, 6.07) is 6.46. The standard InChI is InChI=1S/C9H9N3O2S/c13-15(14,12-7-1-2-8-12)11-9-3-5-10-6-4-9/h1-8H,(H,10,11). The Hall–Kier alpha value is -1.82. The zero-order valence-corrected chi connectivity index (χ0v) is 8.55. The lowest BCUT2D eigenvalue weighted by atomic mass is 10.4. The highest BCUT2D eigenvalue weighted by Gasteiger charge is 2.10. The van der Waals surface area contributed by atoms with E-state index in [2.05, 4.69) is 9.71 Å². The van der Waals surface area contributed by atoms with Crippen LogP contribution in [0.4, 0.5) is 5.69 Å². The van der Waals surface area contributed by atoms with Crippen LogP contribution in [-0.4, -0.2) is 17.4 Å². The molecule has 2 heterocycles. The van der Waals surface area contributed by atoms with Gasteiger partial charge in [-0.15, -0.1) is 0 Å². The second-order valence-electron chi connectivity index (χ2n) is 2.86. The van der Waals surface area contributed by atoms with E-state index in [-0.39, 0.29) is 0 Å². The maximum absolute atomic E-state index is 11.7. The molecule has 0 aliphatic heterocycles. The Morgan fingerprint density at radius 1 is 1.13 bits per heavy atom. The third-order valence-electron chi connectivity index (χ3n) is 1.78. The van der Waals surface area contributed by atoms with E-state index in [1.165, 1.54) is 24.8 Å². The number of rotatable bonds is 3. The van der Waals surface area contributed by atoms with Gasteiger partial charge in [0, 0.05) is 24.8 Å². The third-order valence-corrected chi connectivity index (χ3v) is 3.07. The first-order valence-electron chi connectivity index (χ1n) is 4.25. The van der Waals surface area contributed by atoms with Crippen LogP contribution in [0.2, 0.25) is 0 Å². The maximum Gasteiger partial charge on any atom is 0.327 e. The van der Waals surface area contributed by atoms with E-state index in [1.54, 1.807) is 24.3 Å². The molecule has 0 spiro atoms. The average Bonchev–Trinajstić information content (AvgIpc) is 2.71. The molecule has 6 heteroatoms. The van der Waals surface area contributed by atoms with E-state index in [9.17, 15) is 8.42 Å². The van der Waals surface area contributed by atoms with Crippen molar-refractivity contribution in [1.29, 1.82) is 0 Å². The van der Waals surface area contributed by atoms with Crippen molar-refractivity contribution in [2.75, 3.05) is 4.72 Å². The molecule has 0 unspecified atom stereocenters. The Morgan fingerprint density at radius 3 is 2.33 bits per heavy atom. The predicted octanol–water partition coefficient (Wildman–Crippen LogP) is 1.09. The van der Waals surface area contributed by atoms with Crippen LogP contribution in [0.3, 0.4) is 0 Å². The molecule has 0 fully saturated rings. The van der Waals surface area contributed by atoms with Crippen molar-refractivity contribution >= 4 is 15.9 Å². The van der Waals surface area contributed by atoms with Gasteiger partial charge >= 0.3 is 10.2 Å². The molecule has 0 aliphatic carbocycles. The monoisotopic (exact) mass is 223 g/mol. The molecule has 0 amide bonds. The number of hydrogen-bond donors (Lipinski definition) is 1. The number of nitrogens with one attached hydrogen (secondary N) is 1. The van der Waals surface area contributed by atoms with Crippen molar-refractivity contribution in [1.82, 2.24) is 8.96 Å². The highest BCUT2D eigenvalue weighted by Crippen LogP contribution is 2.08. The molecule has 0 aliphatic rings. The van der Waals surface area contributed by atoms with Gasteiger partial charge in [0.2, 0.25) is 0 Å². The Kier molecular flexibility index (Phi) is 2.42. The van der Waals surface area contributed by atoms with Crippen molar-refractivity contribution < 1.29 is 8.42 Å². The van der Waals surface area contributed by atoms with Crippen LogP contribution in [0.25, 0.3) is 0 Å². The molecule has 5 nitrogen and oxygen atoms in total. The zero-order chi connectivity index (χ0) is 10.7. The Balaban J connectivity index is 2.27. The molecular formula is C9H9N3O2S. The predicted molar refractivity (Wildman–Crippen MR) is 56.6 cm³/mol. The summed E-state index contributed by atoms with van der Waals surface area (Å²) in [5.41, 5.74) is 0.485. The molecule has 2 aromatic heterocycles. The van der Waals surface area contributed by atoms with E-state index in [4.69, 9.17) is 0 Å². The Morgan fingerprint density at radius 2 is 1.73 bits per heavy atom. The minimum Gasteiger partial charge on any atom is -0.266 e. The number of anilines is 1. The maximum atomic E-state index is 11.7. The normalized spacial score (nSPS) is 11.2. The molecule has 2 rings (SSSR count). The number of pyridine rings is 1. The van der Waals surface area contributed by atoms with Gasteiger partial charge in [-0.1, -0.05) is 0 Å². The van der Waals surface area contributed by atoms with Gasteiger partial charge in [0.05, 0.1) is 5.69 Å². The zero-order valence-electron chi connectivity index (χ0n) is 7.74. The summed E-state index contributed by atoms with van der Waals surface area (Å²) in [5, 5.41) is 0. The summed E-state index contributed by atoms with van der Waals surface area (Å²) in [6.07, 6.45) is 5.97. The van der Waals surface area contributed by atoms with Crippen molar-refractivity contribution in [3.8, 4) is 0 Å². The van der Waals surface area contributed by atoms with Crippen molar-refractivity contribution in [2.45, 2.75) is 0 Å². The lowest BCUT2D eigenvalue weighted by molar-refractivity contribution is 0.593. The van der Waals surface area contributed by atoms with Crippen LogP contribution in [0.15, 0.2) is 49.1 Å². The largest absolute Gasteiger partial charge is 0.327 e. The van der Waals surface area contributed by atoms with Gasteiger partial charge in [0.15, 0.2) is 0 Å². The van der Waals surface area contributed by atoms with Crippen LogP contribution >= 0.6 is 0 Å². The minimum atomic E-state index is -3.53. The lowest BCUT2D eigenvalue weighted by Gasteiger charge is -2.07. The topological polar surface area (TPSA) is 64.0 Å². The molecule has 15 heavy (non-hydrogen) atoms. The van der Waals surface area contributed by atoms with Crippen LogP contribution in [0.1, 0.15) is 0 Å². The van der Waals surface area contributed by atoms with Gasteiger partial charge in [-0.05, 0) is 24.3 Å². The highest BCUT2D eigenvalue weighted by atomic mass is 32.2. The molecular weight excluding hydrogens is 214 g/mol. The fraction of sp³-hybridized carbons (Fsp3) is 0. The molecule has 0 atom stereocenters. The van der Waals surface area contributed by atoms with Crippen molar-refractivity contribution in [3.63, 3.8) is 0 Å². The first kappa shape index (κ1) is 9.72. The second kappa shape index (κ2) is 3.74. The van der Waals surface area contributed by atoms with Crippen molar-refractivity contribution in [2.24, 2.45) is 0 Å². The summed E-state index contributed by atoms with van der Waals surface area (Å²) in [5.74, 6) is 0. The second-order valence-corrected chi connectivity index (χ2v) is 4.43. The SMILES string of the molecule is O=S(=O)(Nc1ccncc1)n1cccc1. The van der Waals surface area contributed by atoms with E-state index < -0.39 is 10.2 Å². The van der Waals surface area contributed by atoms with Gasteiger partial charge < -0.3 is 0 Å². The van der Waals surface area contributed by atoms with Gasteiger partial charge in [-0.2, -0.15) is 8.42 Å². The summed E-state index contributed by atoms with van der Waals surface area (Å²) in [7, 11) is -3.53. The fourth-order valence-corrected chi connectivity index (χ4v) is 2.10. The number of hydrogen-bond acceptors (Lipinski definition) is 3. The van der Waals surface area contributed by atoms with Gasteiger partial charge in [-0.3, -0.25) is 9.71 Å². The molecule has 78 valence electrons. The van der Waals surface area contributed by atoms with Crippen LogP contribution < -0.4 is 4.72 Å². The Labute approximate surface area is 87.6 Å². The van der Waals surface area contributed by atoms with Crippen LogP contribution in [-0.2, 0) is 10.2 Å². The first-order chi connectivity index (χ1) is 7.18. The molecule has 1 N–H and O–H groups in total. The lowest BCUT2D eigenvalue weighted by Crippen LogP contribution is -2.19. The third kappa shape index (κ3) is 2.16. The summed E-state index contributed by atoms with van der Waals surface area (Å²) < 4.78 is 26.9. The van der Waals surface area contributed by atoms with E-state index >= 15 is 0 Å². The quantitative estimate of drug-likeness (QED) is 0.847. The summed E-state index contributed by atoms with van der Waals surface area (Å²) in [4.78, 5) is 3.80. The minimum absolute atomic E-state index is 0.485. The van der Waals surface area contributed by atoms with E-state index in [1.807, 2.05) is 0 Å². The summed E-state index contributed by atoms with van der Waals surface area (Å²) >= 11 is 0. The summed E-state index contributed by atoms with van der Waals surface area (Å²) in [6.45, 7) is 0. The smallest absolute Gasteiger partial charge is 0.266 e. The number of nitrogens with zero attached hydrogens (tertiary/aromatic N) is 2. The molecule has 0 radical (unpaired) electrons. The fourth-order valence-electron chi connectivity index (χ4n) is 1.10. The molecule has 0 saturated carbocycles. The molecule has 0 saturated heterocycles. The van der Waals surface area contributed by atoms with Crippen molar-refractivity contribution in [3.05, 3.63) is 49.1 Å². The average molecular weight is 223 g/mol. The van der Waals surface area contributed by atoms with E-state index in [0.717, 1.165) is 3.97 Å². The Bertz CT molecular complexity index is 520. The van der Waals surface area contributed by atoms with E-state index in [0.29, 0.717) is 5.69 Å². The van der Waals surface area contributed by atoms with Crippen LogP contribution in [0, 0.1) is 0 Å². The molecule has 2 aromatic rings. The highest BCUT2D eigenvalue weighted by molar-refractivity contribution is 7.91.